The number of hydrogen-bond acceptors (Lipinski definition) is 2. The van der Waals surface area contributed by atoms with E-state index in [-0.39, 0.29) is 0 Å². The molecule has 0 saturated heterocycles. The Balaban J connectivity index is 2.58. The Morgan fingerprint density at radius 3 is 2.41 bits per heavy atom. The highest BCUT2D eigenvalue weighted by Crippen LogP contribution is 2.10. The maximum atomic E-state index is 11.5. The first-order chi connectivity index (χ1) is 7.83. The van der Waals surface area contributed by atoms with Gasteiger partial charge in [0.15, 0.2) is 0 Å². The normalized spacial score (nSPS) is 12.1. The van der Waals surface area contributed by atoms with Crippen molar-refractivity contribution < 1.29 is 8.42 Å². The molecule has 0 aliphatic carbocycles. The molecule has 0 radical (unpaired) electrons. The lowest BCUT2D eigenvalue weighted by Crippen LogP contribution is -2.36. The molecular formula is C12H20N2O2S. The summed E-state index contributed by atoms with van der Waals surface area (Å²) >= 11 is 0. The number of benzene rings is 1. The first-order valence-corrected chi connectivity index (χ1v) is 7.00. The molecule has 0 spiro atoms. The van der Waals surface area contributed by atoms with Crippen molar-refractivity contribution in [3.63, 3.8) is 0 Å². The standard InChI is InChI=1S/C12H20N2O2S/c1-10-5-6-12(11(2)9-10)7-8-13-17(15,16)14(3)4/h5-6,9,13H,7-8H2,1-4H3. The second-order valence-corrected chi connectivity index (χ2v) is 6.33. The van der Waals surface area contributed by atoms with Gasteiger partial charge < -0.3 is 0 Å². The maximum Gasteiger partial charge on any atom is 0.278 e. The molecule has 0 amide bonds. The average molecular weight is 256 g/mol. The van der Waals surface area contributed by atoms with Gasteiger partial charge in [0.25, 0.3) is 10.2 Å². The molecular weight excluding hydrogens is 236 g/mol. The van der Waals surface area contributed by atoms with Crippen molar-refractivity contribution in [2.45, 2.75) is 20.3 Å². The molecule has 0 fully saturated rings. The van der Waals surface area contributed by atoms with Crippen LogP contribution in [0.15, 0.2) is 18.2 Å². The third-order valence-electron chi connectivity index (χ3n) is 2.66. The van der Waals surface area contributed by atoms with Gasteiger partial charge in [0.05, 0.1) is 0 Å². The number of nitrogens with zero attached hydrogens (tertiary/aromatic N) is 1. The molecule has 5 heteroatoms. The number of hydrogen-bond donors (Lipinski definition) is 1. The number of nitrogens with one attached hydrogen (secondary N) is 1. The summed E-state index contributed by atoms with van der Waals surface area (Å²) in [4.78, 5) is 0. The molecule has 17 heavy (non-hydrogen) atoms. The van der Waals surface area contributed by atoms with E-state index < -0.39 is 10.2 Å². The first-order valence-electron chi connectivity index (χ1n) is 5.56. The van der Waals surface area contributed by atoms with Gasteiger partial charge in [0.2, 0.25) is 0 Å². The Morgan fingerprint density at radius 2 is 1.88 bits per heavy atom. The Kier molecular flexibility index (Phi) is 4.68. The molecule has 1 rings (SSSR count). The zero-order chi connectivity index (χ0) is 13.1. The van der Waals surface area contributed by atoms with E-state index in [0.717, 1.165) is 0 Å². The molecule has 0 aliphatic rings. The Morgan fingerprint density at radius 1 is 1.24 bits per heavy atom. The van der Waals surface area contributed by atoms with Crippen LogP contribution < -0.4 is 4.72 Å². The Bertz CT molecular complexity index is 481. The predicted octanol–water partition coefficient (Wildman–Crippen LogP) is 1.24. The molecule has 0 saturated carbocycles. The van der Waals surface area contributed by atoms with Crippen molar-refractivity contribution in [1.82, 2.24) is 9.03 Å². The van der Waals surface area contributed by atoms with Crippen LogP contribution in [0.25, 0.3) is 0 Å². The summed E-state index contributed by atoms with van der Waals surface area (Å²) in [6.45, 7) is 4.51. The van der Waals surface area contributed by atoms with Gasteiger partial charge in [-0.15, -0.1) is 0 Å². The molecule has 0 bridgehead atoms. The molecule has 0 aliphatic heterocycles. The molecule has 1 N–H and O–H groups in total. The van der Waals surface area contributed by atoms with E-state index >= 15 is 0 Å². The lowest BCUT2D eigenvalue weighted by atomic mass is 10.0. The molecule has 0 aromatic heterocycles. The van der Waals surface area contributed by atoms with Crippen LogP contribution in [0.5, 0.6) is 0 Å². The summed E-state index contributed by atoms with van der Waals surface area (Å²) in [7, 11) is -0.279. The maximum absolute atomic E-state index is 11.5. The van der Waals surface area contributed by atoms with E-state index in [4.69, 9.17) is 0 Å². The van der Waals surface area contributed by atoms with Gasteiger partial charge in [0, 0.05) is 20.6 Å². The van der Waals surface area contributed by atoms with Crippen molar-refractivity contribution in [3.05, 3.63) is 34.9 Å². The fourth-order valence-corrected chi connectivity index (χ4v) is 2.19. The summed E-state index contributed by atoms with van der Waals surface area (Å²) in [6.07, 6.45) is 0.708. The van der Waals surface area contributed by atoms with E-state index in [0.29, 0.717) is 13.0 Å². The van der Waals surface area contributed by atoms with Crippen molar-refractivity contribution in [1.29, 1.82) is 0 Å². The third-order valence-corrected chi connectivity index (χ3v) is 4.19. The lowest BCUT2D eigenvalue weighted by Gasteiger charge is -2.13. The van der Waals surface area contributed by atoms with Crippen molar-refractivity contribution >= 4 is 10.2 Å². The summed E-state index contributed by atoms with van der Waals surface area (Å²) in [5.41, 5.74) is 3.60. The molecule has 4 nitrogen and oxygen atoms in total. The van der Waals surface area contributed by atoms with Crippen LogP contribution in [-0.4, -0.2) is 33.4 Å². The average Bonchev–Trinajstić information content (AvgIpc) is 2.21. The zero-order valence-electron chi connectivity index (χ0n) is 10.8. The lowest BCUT2D eigenvalue weighted by molar-refractivity contribution is 0.506. The minimum absolute atomic E-state index is 0.421. The minimum Gasteiger partial charge on any atom is -0.202 e. The molecule has 0 atom stereocenters. The second-order valence-electron chi connectivity index (χ2n) is 4.36. The van der Waals surface area contributed by atoms with Crippen LogP contribution in [0.1, 0.15) is 16.7 Å². The van der Waals surface area contributed by atoms with Crippen molar-refractivity contribution in [3.8, 4) is 0 Å². The summed E-state index contributed by atoms with van der Waals surface area (Å²) in [6, 6.07) is 6.20. The van der Waals surface area contributed by atoms with Gasteiger partial charge in [-0.05, 0) is 31.4 Å². The number of aryl methyl sites for hydroxylation is 2. The van der Waals surface area contributed by atoms with Crippen LogP contribution in [0.2, 0.25) is 0 Å². The van der Waals surface area contributed by atoms with Crippen molar-refractivity contribution in [2.75, 3.05) is 20.6 Å². The first kappa shape index (κ1) is 14.2. The van der Waals surface area contributed by atoms with E-state index in [1.165, 1.54) is 35.1 Å². The topological polar surface area (TPSA) is 49.4 Å². The van der Waals surface area contributed by atoms with Gasteiger partial charge in [-0.2, -0.15) is 12.7 Å². The fourth-order valence-electron chi connectivity index (χ4n) is 1.57. The van der Waals surface area contributed by atoms with E-state index in [9.17, 15) is 8.42 Å². The summed E-state index contributed by atoms with van der Waals surface area (Å²) in [5.74, 6) is 0. The quantitative estimate of drug-likeness (QED) is 0.861. The highest BCUT2D eigenvalue weighted by Gasteiger charge is 2.11. The number of rotatable bonds is 5. The van der Waals surface area contributed by atoms with Gasteiger partial charge in [0.1, 0.15) is 0 Å². The van der Waals surface area contributed by atoms with E-state index in [1.807, 2.05) is 19.9 Å². The Labute approximate surface area is 104 Å². The van der Waals surface area contributed by atoms with E-state index in [2.05, 4.69) is 16.9 Å². The van der Waals surface area contributed by atoms with Gasteiger partial charge >= 0.3 is 0 Å². The molecule has 1 aromatic rings. The highest BCUT2D eigenvalue weighted by molar-refractivity contribution is 7.87. The molecule has 96 valence electrons. The second kappa shape index (κ2) is 5.62. The minimum atomic E-state index is -3.31. The Hall–Kier alpha value is -0.910. The van der Waals surface area contributed by atoms with Gasteiger partial charge in [-0.3, -0.25) is 0 Å². The monoisotopic (exact) mass is 256 g/mol. The van der Waals surface area contributed by atoms with Crippen LogP contribution >= 0.6 is 0 Å². The molecule has 0 unspecified atom stereocenters. The van der Waals surface area contributed by atoms with Crippen LogP contribution in [-0.2, 0) is 16.6 Å². The third kappa shape index (κ3) is 4.11. The highest BCUT2D eigenvalue weighted by atomic mass is 32.2. The predicted molar refractivity (Wildman–Crippen MR) is 70.2 cm³/mol. The van der Waals surface area contributed by atoms with E-state index in [1.54, 1.807) is 0 Å². The molecule has 0 heterocycles. The fraction of sp³-hybridized carbons (Fsp3) is 0.500. The zero-order valence-corrected chi connectivity index (χ0v) is 11.6. The van der Waals surface area contributed by atoms with Crippen LogP contribution in [0, 0.1) is 13.8 Å². The summed E-state index contributed by atoms with van der Waals surface area (Å²) in [5, 5.41) is 0. The van der Waals surface area contributed by atoms with Crippen LogP contribution in [0.3, 0.4) is 0 Å². The van der Waals surface area contributed by atoms with Gasteiger partial charge in [-0.1, -0.05) is 23.8 Å². The SMILES string of the molecule is Cc1ccc(CCNS(=O)(=O)N(C)C)c(C)c1. The van der Waals surface area contributed by atoms with Crippen LogP contribution in [0.4, 0.5) is 0 Å². The summed E-state index contributed by atoms with van der Waals surface area (Å²) < 4.78 is 26.7. The smallest absolute Gasteiger partial charge is 0.202 e. The largest absolute Gasteiger partial charge is 0.278 e. The molecule has 1 aromatic carbocycles. The van der Waals surface area contributed by atoms with Gasteiger partial charge in [-0.25, -0.2) is 4.72 Å². The van der Waals surface area contributed by atoms with Crippen molar-refractivity contribution in [2.24, 2.45) is 0 Å².